The summed E-state index contributed by atoms with van der Waals surface area (Å²) in [6.07, 6.45) is 6.60. The number of rotatable bonds is 3. The van der Waals surface area contributed by atoms with Crippen molar-refractivity contribution < 1.29 is 13.2 Å². The van der Waals surface area contributed by atoms with Gasteiger partial charge in [-0.1, -0.05) is 0 Å². The molecule has 1 N–H and O–H groups in total. The average molecular weight is 353 g/mol. The minimum absolute atomic E-state index is 0.201. The van der Waals surface area contributed by atoms with Crippen LogP contribution in [0.2, 0.25) is 0 Å². The van der Waals surface area contributed by atoms with Crippen molar-refractivity contribution >= 4 is 15.8 Å². The molecule has 5 atom stereocenters. The first kappa shape index (κ1) is 15.4. The zero-order valence-corrected chi connectivity index (χ0v) is 14.9. The summed E-state index contributed by atoms with van der Waals surface area (Å²) in [5, 5.41) is 3.60. The quantitative estimate of drug-likeness (QED) is 0.595. The molecule has 0 spiro atoms. The molecule has 134 valence electrons. The van der Waals surface area contributed by atoms with Gasteiger partial charge in [0, 0.05) is 37.5 Å². The van der Waals surface area contributed by atoms with E-state index < -0.39 is 9.84 Å². The molecule has 4 saturated heterocycles. The summed E-state index contributed by atoms with van der Waals surface area (Å²) < 4.78 is 29.4. The third kappa shape index (κ3) is 2.83. The predicted molar refractivity (Wildman–Crippen MR) is 91.7 cm³/mol. The molecule has 0 aromatic heterocycles. The van der Waals surface area contributed by atoms with Crippen LogP contribution >= 0.6 is 0 Å². The third-order valence-corrected chi connectivity index (χ3v) is 8.33. The van der Waals surface area contributed by atoms with E-state index >= 15 is 0 Å². The molecule has 5 fully saturated rings. The van der Waals surface area contributed by atoms with Gasteiger partial charge in [0.15, 0.2) is 15.8 Å². The van der Waals surface area contributed by atoms with Crippen LogP contribution in [0.1, 0.15) is 32.1 Å². The van der Waals surface area contributed by atoms with Gasteiger partial charge in [-0.3, -0.25) is 4.99 Å². The maximum Gasteiger partial charge on any atom is 0.194 e. The number of hydrogen-bond donors (Lipinski definition) is 1. The minimum atomic E-state index is -2.81. The Hall–Kier alpha value is -0.820. The lowest BCUT2D eigenvalue weighted by Gasteiger charge is -2.24. The van der Waals surface area contributed by atoms with Gasteiger partial charge in [0.05, 0.1) is 23.7 Å². The van der Waals surface area contributed by atoms with Gasteiger partial charge in [0.2, 0.25) is 0 Å². The van der Waals surface area contributed by atoms with E-state index in [9.17, 15) is 8.42 Å². The Morgan fingerprint density at radius 1 is 1.08 bits per heavy atom. The summed E-state index contributed by atoms with van der Waals surface area (Å²) >= 11 is 0. The van der Waals surface area contributed by atoms with E-state index in [0.717, 1.165) is 25.5 Å². The molecule has 0 amide bonds. The molecule has 1 aliphatic carbocycles. The summed E-state index contributed by atoms with van der Waals surface area (Å²) in [5.74, 6) is 3.22. The van der Waals surface area contributed by atoms with E-state index in [1.165, 1.54) is 25.7 Å². The van der Waals surface area contributed by atoms with Crippen LogP contribution in [0.3, 0.4) is 0 Å². The standard InChI is InChI=1S/C17H27N3O3S/c21-24(22)6-5-11(10-24)7-18-17(19-12-1-2-12)20-8-13-14(9-20)16-4-3-15(13)23-16/h11-16H,1-10H2,(H,18,19). The van der Waals surface area contributed by atoms with Gasteiger partial charge in [-0.2, -0.15) is 0 Å². The molecule has 5 aliphatic rings. The van der Waals surface area contributed by atoms with Crippen LogP contribution in [-0.4, -0.2) is 68.7 Å². The average Bonchev–Trinajstić information content (AvgIpc) is 2.95. The maximum atomic E-state index is 11.7. The first-order chi connectivity index (χ1) is 11.6. The van der Waals surface area contributed by atoms with Crippen LogP contribution in [0, 0.1) is 17.8 Å². The van der Waals surface area contributed by atoms with Crippen molar-refractivity contribution in [1.29, 1.82) is 0 Å². The van der Waals surface area contributed by atoms with Gasteiger partial charge >= 0.3 is 0 Å². The molecule has 0 radical (unpaired) electrons. The van der Waals surface area contributed by atoms with Crippen molar-refractivity contribution in [3.63, 3.8) is 0 Å². The molecule has 0 aromatic rings. The molecule has 7 heteroatoms. The smallest absolute Gasteiger partial charge is 0.194 e. The summed E-state index contributed by atoms with van der Waals surface area (Å²) in [6, 6.07) is 0.574. The molecular weight excluding hydrogens is 326 g/mol. The Balaban J connectivity index is 1.27. The normalized spacial score (nSPS) is 43.4. The lowest BCUT2D eigenvalue weighted by atomic mass is 9.82. The van der Waals surface area contributed by atoms with Crippen LogP contribution in [0.25, 0.3) is 0 Å². The second-order valence-corrected chi connectivity index (χ2v) is 10.6. The molecule has 24 heavy (non-hydrogen) atoms. The third-order valence-electron chi connectivity index (χ3n) is 6.49. The number of guanidine groups is 1. The summed E-state index contributed by atoms with van der Waals surface area (Å²) in [6.45, 7) is 2.74. The summed E-state index contributed by atoms with van der Waals surface area (Å²) in [7, 11) is -2.81. The van der Waals surface area contributed by atoms with Gasteiger partial charge in [0.25, 0.3) is 0 Å². The Kier molecular flexibility index (Phi) is 3.60. The Bertz CT molecular complexity index is 627. The largest absolute Gasteiger partial charge is 0.374 e. The van der Waals surface area contributed by atoms with Gasteiger partial charge in [-0.25, -0.2) is 8.42 Å². The molecule has 1 saturated carbocycles. The molecule has 4 heterocycles. The van der Waals surface area contributed by atoms with Gasteiger partial charge in [-0.05, 0) is 38.0 Å². The van der Waals surface area contributed by atoms with E-state index in [2.05, 4.69) is 10.2 Å². The van der Waals surface area contributed by atoms with Gasteiger partial charge < -0.3 is 15.0 Å². The second kappa shape index (κ2) is 5.59. The van der Waals surface area contributed by atoms with Crippen LogP contribution in [0.15, 0.2) is 4.99 Å². The Morgan fingerprint density at radius 3 is 2.38 bits per heavy atom. The highest BCUT2D eigenvalue weighted by Crippen LogP contribution is 2.47. The molecule has 0 aromatic carbocycles. The molecule has 4 aliphatic heterocycles. The zero-order chi connectivity index (χ0) is 16.3. The van der Waals surface area contributed by atoms with Crippen LogP contribution in [0.5, 0.6) is 0 Å². The monoisotopic (exact) mass is 353 g/mol. The predicted octanol–water partition coefficient (Wildman–Crippen LogP) is 0.638. The highest BCUT2D eigenvalue weighted by atomic mass is 32.2. The van der Waals surface area contributed by atoms with Crippen molar-refractivity contribution in [2.75, 3.05) is 31.1 Å². The SMILES string of the molecule is O=S1(=O)CCC(CN=C(NC2CC2)N2CC3C4CCC(O4)C3C2)C1. The van der Waals surface area contributed by atoms with Crippen molar-refractivity contribution in [3.8, 4) is 0 Å². The van der Waals surface area contributed by atoms with E-state index in [-0.39, 0.29) is 5.92 Å². The fraction of sp³-hybridized carbons (Fsp3) is 0.941. The lowest BCUT2D eigenvalue weighted by molar-refractivity contribution is 0.0767. The Morgan fingerprint density at radius 2 is 1.79 bits per heavy atom. The van der Waals surface area contributed by atoms with Crippen molar-refractivity contribution in [3.05, 3.63) is 0 Å². The van der Waals surface area contributed by atoms with E-state index in [1.54, 1.807) is 0 Å². The first-order valence-electron chi connectivity index (χ1n) is 9.49. The maximum absolute atomic E-state index is 11.7. The van der Waals surface area contributed by atoms with E-state index in [4.69, 9.17) is 9.73 Å². The minimum Gasteiger partial charge on any atom is -0.374 e. The number of fused-ring (bicyclic) bond motifs is 5. The number of hydrogen-bond acceptors (Lipinski definition) is 4. The molecular formula is C17H27N3O3S. The zero-order valence-electron chi connectivity index (χ0n) is 14.1. The fourth-order valence-corrected chi connectivity index (χ4v) is 6.86. The topological polar surface area (TPSA) is 71.0 Å². The number of nitrogens with zero attached hydrogens (tertiary/aromatic N) is 2. The molecule has 5 rings (SSSR count). The number of sulfone groups is 1. The second-order valence-electron chi connectivity index (χ2n) is 8.37. The molecule has 6 nitrogen and oxygen atoms in total. The molecule has 5 unspecified atom stereocenters. The Labute approximate surface area is 143 Å². The summed E-state index contributed by atoms with van der Waals surface area (Å²) in [4.78, 5) is 7.28. The van der Waals surface area contributed by atoms with Crippen LogP contribution < -0.4 is 5.32 Å². The fourth-order valence-electron chi connectivity index (χ4n) is 5.01. The lowest BCUT2D eigenvalue weighted by Crippen LogP contribution is -2.42. The van der Waals surface area contributed by atoms with Gasteiger partial charge in [-0.15, -0.1) is 0 Å². The highest BCUT2D eigenvalue weighted by Gasteiger charge is 2.53. The summed E-state index contributed by atoms with van der Waals surface area (Å²) in [5.41, 5.74) is 0. The number of ether oxygens (including phenoxy) is 1. The number of nitrogens with one attached hydrogen (secondary N) is 1. The molecule has 2 bridgehead atoms. The number of aliphatic imine (C=N–C) groups is 1. The van der Waals surface area contributed by atoms with Crippen molar-refractivity contribution in [2.45, 2.75) is 50.4 Å². The van der Waals surface area contributed by atoms with E-state index in [0.29, 0.717) is 48.1 Å². The van der Waals surface area contributed by atoms with E-state index in [1.807, 2.05) is 0 Å². The van der Waals surface area contributed by atoms with Gasteiger partial charge in [0.1, 0.15) is 0 Å². The van der Waals surface area contributed by atoms with Crippen molar-refractivity contribution in [2.24, 2.45) is 22.7 Å². The first-order valence-corrected chi connectivity index (χ1v) is 11.3. The van der Waals surface area contributed by atoms with Crippen LogP contribution in [0.4, 0.5) is 0 Å². The number of likely N-dealkylation sites (tertiary alicyclic amines) is 1. The van der Waals surface area contributed by atoms with Crippen LogP contribution in [-0.2, 0) is 14.6 Å². The highest BCUT2D eigenvalue weighted by molar-refractivity contribution is 7.91. The van der Waals surface area contributed by atoms with Crippen molar-refractivity contribution in [1.82, 2.24) is 10.2 Å².